The molecule has 7 heteroatoms. The van der Waals surface area contributed by atoms with Gasteiger partial charge >= 0.3 is 0 Å². The lowest BCUT2D eigenvalue weighted by atomic mass is 9.90. The fourth-order valence-electron chi connectivity index (χ4n) is 4.77. The molecule has 1 fully saturated rings. The van der Waals surface area contributed by atoms with E-state index >= 15 is 0 Å². The summed E-state index contributed by atoms with van der Waals surface area (Å²) >= 11 is 0. The van der Waals surface area contributed by atoms with Crippen molar-refractivity contribution in [1.29, 1.82) is 0 Å². The van der Waals surface area contributed by atoms with E-state index < -0.39 is 0 Å². The highest BCUT2D eigenvalue weighted by Gasteiger charge is 2.29. The predicted octanol–water partition coefficient (Wildman–Crippen LogP) is 5.09. The molecule has 1 aromatic heterocycles. The molecule has 1 saturated heterocycles. The van der Waals surface area contributed by atoms with Gasteiger partial charge in [-0.25, -0.2) is 0 Å². The summed E-state index contributed by atoms with van der Waals surface area (Å²) in [5, 5.41) is 7.47. The van der Waals surface area contributed by atoms with Gasteiger partial charge in [-0.1, -0.05) is 42.8 Å². The fraction of sp³-hybridized carbons (Fsp3) is 0.464. The number of methoxy groups -OCH3 is 1. The molecule has 1 amide bonds. The van der Waals surface area contributed by atoms with Gasteiger partial charge in [-0.2, -0.15) is 4.98 Å². The van der Waals surface area contributed by atoms with Crippen molar-refractivity contribution in [3.8, 4) is 17.1 Å². The summed E-state index contributed by atoms with van der Waals surface area (Å²) in [6.07, 6.45) is 1.64. The van der Waals surface area contributed by atoms with Gasteiger partial charge in [-0.15, -0.1) is 0 Å². The van der Waals surface area contributed by atoms with Crippen LogP contribution in [0.3, 0.4) is 0 Å². The Kier molecular flexibility index (Phi) is 7.86. The number of carbonyl (C=O) groups excluding carboxylic acids is 1. The Labute approximate surface area is 207 Å². The van der Waals surface area contributed by atoms with Crippen molar-refractivity contribution in [3.05, 3.63) is 65.0 Å². The third-order valence-corrected chi connectivity index (χ3v) is 6.86. The summed E-state index contributed by atoms with van der Waals surface area (Å²) in [5.41, 5.74) is 4.57. The quantitative estimate of drug-likeness (QED) is 0.488. The maximum Gasteiger partial charge on any atom is 0.241 e. The minimum Gasteiger partial charge on any atom is -0.497 e. The van der Waals surface area contributed by atoms with E-state index in [0.29, 0.717) is 24.2 Å². The van der Waals surface area contributed by atoms with Crippen LogP contribution in [0.4, 0.5) is 0 Å². The van der Waals surface area contributed by atoms with E-state index in [2.05, 4.69) is 66.3 Å². The molecule has 1 unspecified atom stereocenters. The molecular weight excluding hydrogens is 440 g/mol. The van der Waals surface area contributed by atoms with E-state index in [1.807, 2.05) is 24.3 Å². The summed E-state index contributed by atoms with van der Waals surface area (Å²) in [7, 11) is 1.64. The van der Waals surface area contributed by atoms with Crippen LogP contribution in [0, 0.1) is 25.7 Å². The Hall–Kier alpha value is -3.19. The summed E-state index contributed by atoms with van der Waals surface area (Å²) in [4.78, 5) is 20.0. The fourth-order valence-corrected chi connectivity index (χ4v) is 4.77. The number of aromatic nitrogens is 2. The third kappa shape index (κ3) is 6.09. The molecule has 0 radical (unpaired) electrons. The van der Waals surface area contributed by atoms with Crippen LogP contribution in [0.2, 0.25) is 0 Å². The molecule has 0 aliphatic carbocycles. The van der Waals surface area contributed by atoms with Gasteiger partial charge in [0, 0.05) is 11.5 Å². The highest BCUT2D eigenvalue weighted by molar-refractivity contribution is 5.79. The van der Waals surface area contributed by atoms with Crippen LogP contribution in [0.25, 0.3) is 11.4 Å². The van der Waals surface area contributed by atoms with Gasteiger partial charge in [-0.3, -0.25) is 9.69 Å². The van der Waals surface area contributed by atoms with Crippen LogP contribution < -0.4 is 10.1 Å². The Morgan fingerprint density at radius 2 is 1.86 bits per heavy atom. The van der Waals surface area contributed by atoms with Gasteiger partial charge in [0.05, 0.1) is 19.7 Å². The van der Waals surface area contributed by atoms with Crippen LogP contribution in [0.1, 0.15) is 55.3 Å². The molecule has 186 valence electrons. The van der Waals surface area contributed by atoms with Crippen LogP contribution in [0.5, 0.6) is 5.75 Å². The van der Waals surface area contributed by atoms with Crippen LogP contribution in [-0.4, -0.2) is 41.1 Å². The van der Waals surface area contributed by atoms with Gasteiger partial charge in [0.15, 0.2) is 0 Å². The van der Waals surface area contributed by atoms with Crippen LogP contribution in [-0.2, 0) is 11.3 Å². The maximum absolute atomic E-state index is 13.2. The SMILES string of the molecule is COc1ccc(-c2noc(CN3CCC(C(=O)NC(c4ccc(C)cc4C)C(C)C)CC3)n2)cc1. The highest BCUT2D eigenvalue weighted by atomic mass is 16.5. The molecule has 0 saturated carbocycles. The number of hydrogen-bond acceptors (Lipinski definition) is 6. The lowest BCUT2D eigenvalue weighted by Crippen LogP contribution is -2.42. The number of hydrogen-bond donors (Lipinski definition) is 1. The standard InChI is InChI=1S/C28H36N4O3/c1-18(2)26(24-11-6-19(3)16-20(24)4)30-28(33)22-12-14-32(15-13-22)17-25-29-27(31-35-25)21-7-9-23(34-5)10-8-21/h6-11,16,18,22,26H,12-15,17H2,1-5H3,(H,30,33). The number of benzene rings is 2. The number of nitrogens with one attached hydrogen (secondary N) is 1. The smallest absolute Gasteiger partial charge is 0.241 e. The number of piperidine rings is 1. The van der Waals surface area contributed by atoms with Crippen molar-refractivity contribution in [2.45, 2.75) is 53.1 Å². The molecule has 0 bridgehead atoms. The van der Waals surface area contributed by atoms with E-state index in [1.165, 1.54) is 16.7 Å². The van der Waals surface area contributed by atoms with Crippen molar-refractivity contribution in [3.63, 3.8) is 0 Å². The molecule has 7 nitrogen and oxygen atoms in total. The van der Waals surface area contributed by atoms with E-state index in [0.717, 1.165) is 37.2 Å². The van der Waals surface area contributed by atoms with E-state index in [-0.39, 0.29) is 17.9 Å². The Morgan fingerprint density at radius 3 is 2.49 bits per heavy atom. The van der Waals surface area contributed by atoms with Crippen molar-refractivity contribution in [2.24, 2.45) is 11.8 Å². The second kappa shape index (κ2) is 11.0. The first kappa shape index (κ1) is 24.9. The largest absolute Gasteiger partial charge is 0.497 e. The number of ether oxygens (including phenoxy) is 1. The first-order chi connectivity index (χ1) is 16.8. The van der Waals surface area contributed by atoms with Gasteiger partial charge in [0.25, 0.3) is 0 Å². The number of amides is 1. The molecular formula is C28H36N4O3. The van der Waals surface area contributed by atoms with Gasteiger partial charge in [-0.05, 0) is 81.1 Å². The third-order valence-electron chi connectivity index (χ3n) is 6.86. The van der Waals surface area contributed by atoms with Gasteiger partial charge < -0.3 is 14.6 Å². The zero-order valence-corrected chi connectivity index (χ0v) is 21.4. The van der Waals surface area contributed by atoms with Gasteiger partial charge in [0.2, 0.25) is 17.6 Å². The molecule has 1 aliphatic heterocycles. The molecule has 4 rings (SSSR count). The minimum absolute atomic E-state index is 0.0239. The predicted molar refractivity (Wildman–Crippen MR) is 136 cm³/mol. The van der Waals surface area contributed by atoms with Crippen molar-refractivity contribution in [2.75, 3.05) is 20.2 Å². The first-order valence-electron chi connectivity index (χ1n) is 12.4. The average molecular weight is 477 g/mol. The molecule has 2 aromatic carbocycles. The van der Waals surface area contributed by atoms with Gasteiger partial charge in [0.1, 0.15) is 5.75 Å². The average Bonchev–Trinajstić information content (AvgIpc) is 3.31. The molecule has 1 aliphatic rings. The summed E-state index contributed by atoms with van der Waals surface area (Å²) in [6.45, 7) is 10.8. The Morgan fingerprint density at radius 1 is 1.14 bits per heavy atom. The van der Waals surface area contributed by atoms with Crippen molar-refractivity contribution < 1.29 is 14.1 Å². The van der Waals surface area contributed by atoms with E-state index in [9.17, 15) is 4.79 Å². The minimum atomic E-state index is 0.0239. The topological polar surface area (TPSA) is 80.5 Å². The molecule has 2 heterocycles. The summed E-state index contributed by atoms with van der Waals surface area (Å²) < 4.78 is 10.7. The maximum atomic E-state index is 13.2. The Balaban J connectivity index is 1.31. The summed E-state index contributed by atoms with van der Waals surface area (Å²) in [5.74, 6) is 2.45. The molecule has 3 aromatic rings. The molecule has 1 atom stereocenters. The molecule has 35 heavy (non-hydrogen) atoms. The zero-order chi connectivity index (χ0) is 24.9. The second-order valence-electron chi connectivity index (χ2n) is 9.88. The van der Waals surface area contributed by atoms with Crippen molar-refractivity contribution >= 4 is 5.91 Å². The zero-order valence-electron chi connectivity index (χ0n) is 21.4. The number of nitrogens with zero attached hydrogens (tertiary/aromatic N) is 3. The van der Waals surface area contributed by atoms with Crippen LogP contribution >= 0.6 is 0 Å². The lowest BCUT2D eigenvalue weighted by Gasteiger charge is -2.32. The molecule has 0 spiro atoms. The number of carbonyl (C=O) groups is 1. The van der Waals surface area contributed by atoms with E-state index in [1.54, 1.807) is 7.11 Å². The highest BCUT2D eigenvalue weighted by Crippen LogP contribution is 2.28. The number of likely N-dealkylation sites (tertiary alicyclic amines) is 1. The normalized spacial score (nSPS) is 15.8. The molecule has 1 N–H and O–H groups in total. The second-order valence-corrected chi connectivity index (χ2v) is 9.88. The Bertz CT molecular complexity index is 1130. The van der Waals surface area contributed by atoms with E-state index in [4.69, 9.17) is 9.26 Å². The first-order valence-corrected chi connectivity index (χ1v) is 12.4. The lowest BCUT2D eigenvalue weighted by molar-refractivity contribution is -0.127. The summed E-state index contributed by atoms with van der Waals surface area (Å²) in [6, 6.07) is 14.1. The monoisotopic (exact) mass is 476 g/mol. The van der Waals surface area contributed by atoms with Crippen molar-refractivity contribution in [1.82, 2.24) is 20.4 Å². The number of aryl methyl sites for hydroxylation is 2. The van der Waals surface area contributed by atoms with Crippen LogP contribution in [0.15, 0.2) is 47.0 Å². The number of rotatable bonds is 8.